The molecule has 7 nitrogen and oxygen atoms in total. The van der Waals surface area contributed by atoms with Crippen molar-refractivity contribution in [2.45, 2.75) is 39.0 Å². The molecule has 3 aromatic rings. The Labute approximate surface area is 209 Å². The van der Waals surface area contributed by atoms with Crippen LogP contribution in [-0.2, 0) is 24.3 Å². The molecule has 37 heavy (non-hydrogen) atoms. The van der Waals surface area contributed by atoms with Gasteiger partial charge in [0.1, 0.15) is 0 Å². The summed E-state index contributed by atoms with van der Waals surface area (Å²) in [4.78, 5) is 34.2. The molecule has 5 rings (SSSR count). The lowest BCUT2D eigenvalue weighted by atomic mass is 10.00. The summed E-state index contributed by atoms with van der Waals surface area (Å²) in [6.45, 7) is 1.94. The maximum Gasteiger partial charge on any atom is 0.392 e. The maximum absolute atomic E-state index is 14.5. The topological polar surface area (TPSA) is 87.2 Å². The zero-order chi connectivity index (χ0) is 26.3. The molecule has 1 unspecified atom stereocenters. The fourth-order valence-electron chi connectivity index (χ4n) is 4.45. The molecule has 3 heterocycles. The van der Waals surface area contributed by atoms with Crippen LogP contribution in [0, 0.1) is 11.7 Å². The number of halogens is 4. The molecule has 2 amide bonds. The largest absolute Gasteiger partial charge is 0.392 e. The highest BCUT2D eigenvalue weighted by Gasteiger charge is 2.38. The van der Waals surface area contributed by atoms with E-state index in [2.05, 4.69) is 20.6 Å². The average Bonchev–Trinajstić information content (AvgIpc) is 3.29. The highest BCUT2D eigenvalue weighted by molar-refractivity contribution is 5.97. The summed E-state index contributed by atoms with van der Waals surface area (Å²) in [6, 6.07) is 10.4. The molecule has 2 aliphatic heterocycles. The SMILES string of the molecule is CC(CC(=O)N1Cc2ccc(-c3ncc(F)c(Nc4ccc5c(c4)CCNC5=O)n3)cc2C1)C(F)(F)F. The number of amides is 2. The molecule has 1 atom stereocenters. The van der Waals surface area contributed by atoms with Crippen LogP contribution in [0.3, 0.4) is 0 Å². The Kier molecular flexibility index (Phi) is 6.30. The summed E-state index contributed by atoms with van der Waals surface area (Å²) in [6.07, 6.45) is -3.31. The van der Waals surface area contributed by atoms with Crippen LogP contribution in [0.2, 0.25) is 0 Å². The number of rotatable bonds is 5. The van der Waals surface area contributed by atoms with E-state index in [1.165, 1.54) is 4.90 Å². The third-order valence-corrected chi connectivity index (χ3v) is 6.62. The summed E-state index contributed by atoms with van der Waals surface area (Å²) < 4.78 is 53.1. The number of aromatic nitrogens is 2. The summed E-state index contributed by atoms with van der Waals surface area (Å²) >= 11 is 0. The van der Waals surface area contributed by atoms with E-state index in [0.717, 1.165) is 29.8 Å². The molecule has 11 heteroatoms. The van der Waals surface area contributed by atoms with Crippen LogP contribution in [0.1, 0.15) is 40.4 Å². The van der Waals surface area contributed by atoms with Gasteiger partial charge in [-0.1, -0.05) is 19.1 Å². The third-order valence-electron chi connectivity index (χ3n) is 6.62. The molecule has 0 saturated carbocycles. The lowest BCUT2D eigenvalue weighted by Gasteiger charge is -2.20. The van der Waals surface area contributed by atoms with Gasteiger partial charge in [0, 0.05) is 42.9 Å². The normalized spacial score (nSPS) is 15.6. The van der Waals surface area contributed by atoms with E-state index in [1.807, 2.05) is 0 Å². The summed E-state index contributed by atoms with van der Waals surface area (Å²) in [5.74, 6) is -2.87. The van der Waals surface area contributed by atoms with E-state index in [4.69, 9.17) is 0 Å². The molecule has 192 valence electrons. The predicted octanol–water partition coefficient (Wildman–Crippen LogP) is 4.74. The van der Waals surface area contributed by atoms with E-state index in [1.54, 1.807) is 36.4 Å². The molecular weight excluding hydrogens is 490 g/mol. The molecule has 2 aromatic carbocycles. The van der Waals surface area contributed by atoms with Gasteiger partial charge in [-0.15, -0.1) is 0 Å². The van der Waals surface area contributed by atoms with E-state index >= 15 is 0 Å². The molecule has 0 bridgehead atoms. The third kappa shape index (κ3) is 5.11. The molecule has 2 N–H and O–H groups in total. The molecular formula is C26H23F4N5O2. The second kappa shape index (κ2) is 9.45. The second-order valence-corrected chi connectivity index (χ2v) is 9.27. The highest BCUT2D eigenvalue weighted by Crippen LogP contribution is 2.32. The average molecular weight is 513 g/mol. The minimum Gasteiger partial charge on any atom is -0.352 e. The van der Waals surface area contributed by atoms with Crippen molar-refractivity contribution in [3.05, 3.63) is 70.7 Å². The van der Waals surface area contributed by atoms with Crippen LogP contribution in [0.4, 0.5) is 29.1 Å². The molecule has 0 spiro atoms. The zero-order valence-electron chi connectivity index (χ0n) is 19.8. The van der Waals surface area contributed by atoms with Gasteiger partial charge in [-0.3, -0.25) is 9.59 Å². The second-order valence-electron chi connectivity index (χ2n) is 9.27. The Morgan fingerprint density at radius 3 is 2.70 bits per heavy atom. The Hall–Kier alpha value is -4.02. The smallest absolute Gasteiger partial charge is 0.352 e. The molecule has 0 saturated heterocycles. The fraction of sp³-hybridized carbons (Fsp3) is 0.308. The number of carbonyl (C=O) groups excluding carboxylic acids is 2. The standard InChI is InChI=1S/C26H23F4N5O2/c1-14(26(28,29)30)8-22(36)35-12-17-3-2-16(9-18(17)13-35)23-32-11-21(27)24(34-23)33-19-4-5-20-15(10-19)6-7-31-25(20)37/h2-5,9-11,14H,6-8,12-13H2,1H3,(H,31,37)(H,32,33,34). The fourth-order valence-corrected chi connectivity index (χ4v) is 4.45. The number of anilines is 2. The van der Waals surface area contributed by atoms with Crippen molar-refractivity contribution >= 4 is 23.3 Å². The van der Waals surface area contributed by atoms with Gasteiger partial charge in [-0.25, -0.2) is 14.4 Å². The number of hydrogen-bond acceptors (Lipinski definition) is 5. The van der Waals surface area contributed by atoms with E-state index in [0.29, 0.717) is 29.8 Å². The van der Waals surface area contributed by atoms with Crippen LogP contribution < -0.4 is 10.6 Å². The first kappa shape index (κ1) is 24.7. The van der Waals surface area contributed by atoms with Crippen LogP contribution in [0.5, 0.6) is 0 Å². The van der Waals surface area contributed by atoms with Crippen molar-refractivity contribution in [1.82, 2.24) is 20.2 Å². The minimum atomic E-state index is -4.42. The maximum atomic E-state index is 14.5. The highest BCUT2D eigenvalue weighted by atomic mass is 19.4. The van der Waals surface area contributed by atoms with Gasteiger partial charge in [0.05, 0.1) is 12.1 Å². The molecule has 0 radical (unpaired) electrons. The van der Waals surface area contributed by atoms with Crippen molar-refractivity contribution in [2.75, 3.05) is 11.9 Å². The number of fused-ring (bicyclic) bond motifs is 2. The van der Waals surface area contributed by atoms with Crippen molar-refractivity contribution in [2.24, 2.45) is 5.92 Å². The first-order chi connectivity index (χ1) is 17.6. The number of carbonyl (C=O) groups is 2. The van der Waals surface area contributed by atoms with Gasteiger partial charge in [0.15, 0.2) is 17.5 Å². The summed E-state index contributed by atoms with van der Waals surface area (Å²) in [5.41, 5.74) is 4.20. The number of hydrogen-bond donors (Lipinski definition) is 2. The van der Waals surface area contributed by atoms with Crippen LogP contribution in [-0.4, -0.2) is 39.4 Å². The molecule has 0 fully saturated rings. The van der Waals surface area contributed by atoms with Crippen molar-refractivity contribution in [3.63, 3.8) is 0 Å². The predicted molar refractivity (Wildman–Crippen MR) is 127 cm³/mol. The van der Waals surface area contributed by atoms with Crippen LogP contribution >= 0.6 is 0 Å². The summed E-state index contributed by atoms with van der Waals surface area (Å²) in [5, 5.41) is 5.73. The molecule has 2 aliphatic rings. The molecule has 0 aliphatic carbocycles. The first-order valence-corrected chi connectivity index (χ1v) is 11.8. The van der Waals surface area contributed by atoms with Gasteiger partial charge in [0.25, 0.3) is 5.91 Å². The lowest BCUT2D eigenvalue weighted by molar-refractivity contribution is -0.176. The Morgan fingerprint density at radius 2 is 1.92 bits per heavy atom. The van der Waals surface area contributed by atoms with Gasteiger partial charge in [0.2, 0.25) is 5.91 Å². The van der Waals surface area contributed by atoms with Gasteiger partial charge >= 0.3 is 6.18 Å². The Bertz CT molecular complexity index is 1390. The summed E-state index contributed by atoms with van der Waals surface area (Å²) in [7, 11) is 0. The number of nitrogens with one attached hydrogen (secondary N) is 2. The van der Waals surface area contributed by atoms with E-state index < -0.39 is 30.2 Å². The van der Waals surface area contributed by atoms with Crippen LogP contribution in [0.15, 0.2) is 42.6 Å². The number of nitrogens with zero attached hydrogens (tertiary/aromatic N) is 3. The van der Waals surface area contributed by atoms with Gasteiger partial charge < -0.3 is 15.5 Å². The Balaban J connectivity index is 1.33. The monoisotopic (exact) mass is 513 g/mol. The minimum absolute atomic E-state index is 0.0383. The molecule has 1 aromatic heterocycles. The van der Waals surface area contributed by atoms with Gasteiger partial charge in [-0.2, -0.15) is 13.2 Å². The van der Waals surface area contributed by atoms with Gasteiger partial charge in [-0.05, 0) is 47.4 Å². The first-order valence-electron chi connectivity index (χ1n) is 11.8. The quantitative estimate of drug-likeness (QED) is 0.482. The zero-order valence-corrected chi connectivity index (χ0v) is 19.8. The number of alkyl halides is 3. The van der Waals surface area contributed by atoms with Crippen LogP contribution in [0.25, 0.3) is 11.4 Å². The van der Waals surface area contributed by atoms with Crippen molar-refractivity contribution in [3.8, 4) is 11.4 Å². The number of benzene rings is 2. The van der Waals surface area contributed by atoms with Crippen molar-refractivity contribution in [1.29, 1.82) is 0 Å². The lowest BCUT2D eigenvalue weighted by Crippen LogP contribution is -2.31. The van der Waals surface area contributed by atoms with Crippen molar-refractivity contribution < 1.29 is 27.2 Å². The Morgan fingerprint density at radius 1 is 1.14 bits per heavy atom. The van der Waals surface area contributed by atoms with E-state index in [-0.39, 0.29) is 30.6 Å². The van der Waals surface area contributed by atoms with E-state index in [9.17, 15) is 27.2 Å².